The molecule has 0 fully saturated rings. The van der Waals surface area contributed by atoms with Gasteiger partial charge in [-0.1, -0.05) is 32.4 Å². The van der Waals surface area contributed by atoms with Crippen LogP contribution in [0.25, 0.3) is 10.9 Å². The van der Waals surface area contributed by atoms with Gasteiger partial charge in [0, 0.05) is 11.6 Å². The van der Waals surface area contributed by atoms with Crippen molar-refractivity contribution >= 4 is 10.9 Å². The summed E-state index contributed by atoms with van der Waals surface area (Å²) < 4.78 is 0. The Kier molecular flexibility index (Phi) is 3.00. The average molecular weight is 199 g/mol. The minimum absolute atomic E-state index is 1.11. The highest BCUT2D eigenvalue weighted by molar-refractivity contribution is 5.83. The number of rotatable bonds is 3. The fourth-order valence-electron chi connectivity index (χ4n) is 2.14. The number of aromatic nitrogens is 1. The minimum atomic E-state index is 1.11. The maximum Gasteiger partial charge on any atom is 0.0704 e. The van der Waals surface area contributed by atoms with Gasteiger partial charge in [-0.25, -0.2) is 0 Å². The number of pyridine rings is 1. The largest absolute Gasteiger partial charge is 0.256 e. The van der Waals surface area contributed by atoms with Gasteiger partial charge in [0.1, 0.15) is 0 Å². The lowest BCUT2D eigenvalue weighted by molar-refractivity contribution is 0.907. The fourth-order valence-corrected chi connectivity index (χ4v) is 2.14. The van der Waals surface area contributed by atoms with Gasteiger partial charge in [0.05, 0.1) is 5.52 Å². The van der Waals surface area contributed by atoms with Crippen LogP contribution in [0.1, 0.15) is 31.4 Å². The Morgan fingerprint density at radius 2 is 2.00 bits per heavy atom. The normalized spacial score (nSPS) is 10.8. The fraction of sp³-hybridized carbons (Fsp3) is 0.357. The molecule has 0 atom stereocenters. The van der Waals surface area contributed by atoms with Gasteiger partial charge in [0.2, 0.25) is 0 Å². The molecule has 0 amide bonds. The lowest BCUT2D eigenvalue weighted by Gasteiger charge is -2.10. The van der Waals surface area contributed by atoms with Crippen molar-refractivity contribution in [2.24, 2.45) is 0 Å². The Morgan fingerprint density at radius 1 is 1.13 bits per heavy atom. The number of nitrogens with zero attached hydrogens (tertiary/aromatic N) is 1. The second-order valence-electron chi connectivity index (χ2n) is 3.88. The van der Waals surface area contributed by atoms with Crippen LogP contribution in [-0.2, 0) is 12.8 Å². The predicted molar refractivity (Wildman–Crippen MR) is 65.1 cm³/mol. The molecule has 0 unspecified atom stereocenters. The smallest absolute Gasteiger partial charge is 0.0704 e. The Hall–Kier alpha value is -1.37. The van der Waals surface area contributed by atoms with Crippen molar-refractivity contribution in [1.82, 2.24) is 4.98 Å². The maximum atomic E-state index is 4.40. The molecule has 1 heteroatoms. The van der Waals surface area contributed by atoms with E-state index in [2.05, 4.69) is 37.0 Å². The molecule has 0 aliphatic carbocycles. The summed E-state index contributed by atoms with van der Waals surface area (Å²) in [7, 11) is 0. The zero-order chi connectivity index (χ0) is 10.7. The topological polar surface area (TPSA) is 12.9 Å². The molecule has 1 heterocycles. The molecule has 0 aliphatic rings. The first kappa shape index (κ1) is 10.2. The quantitative estimate of drug-likeness (QED) is 0.733. The van der Waals surface area contributed by atoms with Gasteiger partial charge in [0.25, 0.3) is 0 Å². The van der Waals surface area contributed by atoms with Gasteiger partial charge in [-0.3, -0.25) is 4.98 Å². The maximum absolute atomic E-state index is 4.40. The third kappa shape index (κ3) is 1.87. The summed E-state index contributed by atoms with van der Waals surface area (Å²) in [6.45, 7) is 4.45. The second kappa shape index (κ2) is 4.43. The van der Waals surface area contributed by atoms with Crippen molar-refractivity contribution in [2.75, 3.05) is 0 Å². The van der Waals surface area contributed by atoms with E-state index in [9.17, 15) is 0 Å². The molecule has 1 aromatic heterocycles. The lowest BCUT2D eigenvalue weighted by Crippen LogP contribution is -1.94. The molecule has 1 aromatic carbocycles. The summed E-state index contributed by atoms with van der Waals surface area (Å²) >= 11 is 0. The average Bonchev–Trinajstić information content (AvgIpc) is 2.30. The number of hydrogen-bond donors (Lipinski definition) is 0. The molecular weight excluding hydrogens is 182 g/mol. The van der Waals surface area contributed by atoms with Gasteiger partial charge in [-0.2, -0.15) is 0 Å². The van der Waals surface area contributed by atoms with Crippen molar-refractivity contribution in [3.8, 4) is 0 Å². The summed E-state index contributed by atoms with van der Waals surface area (Å²) in [5.74, 6) is 0. The highest BCUT2D eigenvalue weighted by atomic mass is 14.6. The van der Waals surface area contributed by atoms with Crippen molar-refractivity contribution < 1.29 is 0 Å². The molecule has 0 bridgehead atoms. The Bertz CT molecular complexity index is 460. The first-order valence-corrected chi connectivity index (χ1v) is 5.72. The van der Waals surface area contributed by atoms with E-state index in [1.54, 1.807) is 0 Å². The molecule has 0 N–H and O–H groups in total. The number of fused-ring (bicyclic) bond motifs is 1. The van der Waals surface area contributed by atoms with Crippen LogP contribution in [0.3, 0.4) is 0 Å². The van der Waals surface area contributed by atoms with Crippen molar-refractivity contribution in [2.45, 2.75) is 33.1 Å². The van der Waals surface area contributed by atoms with Crippen LogP contribution >= 0.6 is 0 Å². The van der Waals surface area contributed by atoms with E-state index >= 15 is 0 Å². The molecule has 0 saturated carbocycles. The van der Waals surface area contributed by atoms with E-state index in [0.717, 1.165) is 18.4 Å². The SMILES string of the molecule is CCCc1c(CC)ccc2ncccc12. The number of benzene rings is 1. The van der Waals surface area contributed by atoms with Gasteiger partial charge in [0.15, 0.2) is 0 Å². The molecule has 2 aromatic rings. The van der Waals surface area contributed by atoms with Crippen molar-refractivity contribution in [3.05, 3.63) is 41.6 Å². The summed E-state index contributed by atoms with van der Waals surface area (Å²) in [5, 5.41) is 1.33. The van der Waals surface area contributed by atoms with Crippen LogP contribution in [0.4, 0.5) is 0 Å². The summed E-state index contributed by atoms with van der Waals surface area (Å²) in [4.78, 5) is 4.40. The monoisotopic (exact) mass is 199 g/mol. The Labute approximate surface area is 91.2 Å². The van der Waals surface area contributed by atoms with Crippen molar-refractivity contribution in [1.29, 1.82) is 0 Å². The third-order valence-electron chi connectivity index (χ3n) is 2.87. The molecular formula is C14H17N. The molecule has 15 heavy (non-hydrogen) atoms. The molecule has 0 aliphatic heterocycles. The molecule has 0 spiro atoms. The lowest BCUT2D eigenvalue weighted by atomic mass is 9.96. The van der Waals surface area contributed by atoms with Gasteiger partial charge in [-0.05, 0) is 36.1 Å². The van der Waals surface area contributed by atoms with E-state index in [4.69, 9.17) is 0 Å². The molecule has 0 saturated heterocycles. The molecule has 1 nitrogen and oxygen atoms in total. The van der Waals surface area contributed by atoms with Gasteiger partial charge >= 0.3 is 0 Å². The van der Waals surface area contributed by atoms with Gasteiger partial charge in [-0.15, -0.1) is 0 Å². The molecule has 2 rings (SSSR count). The van der Waals surface area contributed by atoms with Crippen LogP contribution < -0.4 is 0 Å². The minimum Gasteiger partial charge on any atom is -0.256 e. The van der Waals surface area contributed by atoms with E-state index in [1.165, 1.54) is 22.9 Å². The highest BCUT2D eigenvalue weighted by Crippen LogP contribution is 2.22. The first-order valence-electron chi connectivity index (χ1n) is 5.72. The second-order valence-corrected chi connectivity index (χ2v) is 3.88. The molecule has 0 radical (unpaired) electrons. The Balaban J connectivity index is 2.67. The summed E-state index contributed by atoms with van der Waals surface area (Å²) in [6.07, 6.45) is 5.33. The highest BCUT2D eigenvalue weighted by Gasteiger charge is 2.05. The van der Waals surface area contributed by atoms with E-state index in [1.807, 2.05) is 12.3 Å². The summed E-state index contributed by atoms with van der Waals surface area (Å²) in [5.41, 5.74) is 4.08. The Morgan fingerprint density at radius 3 is 2.73 bits per heavy atom. The van der Waals surface area contributed by atoms with Crippen molar-refractivity contribution in [3.63, 3.8) is 0 Å². The first-order chi connectivity index (χ1) is 7.36. The van der Waals surface area contributed by atoms with E-state index in [0.29, 0.717) is 0 Å². The molecule has 78 valence electrons. The van der Waals surface area contributed by atoms with Crippen LogP contribution in [0.15, 0.2) is 30.5 Å². The van der Waals surface area contributed by atoms with Crippen LogP contribution in [0, 0.1) is 0 Å². The number of hydrogen-bond acceptors (Lipinski definition) is 1. The van der Waals surface area contributed by atoms with Crippen LogP contribution in [0.2, 0.25) is 0 Å². The van der Waals surface area contributed by atoms with E-state index < -0.39 is 0 Å². The standard InChI is InChI=1S/C14H17N/c1-3-6-12-11(4-2)8-9-14-13(12)7-5-10-15-14/h5,7-10H,3-4,6H2,1-2H3. The zero-order valence-electron chi connectivity index (χ0n) is 9.46. The van der Waals surface area contributed by atoms with Gasteiger partial charge < -0.3 is 0 Å². The third-order valence-corrected chi connectivity index (χ3v) is 2.87. The van der Waals surface area contributed by atoms with Crippen LogP contribution in [0.5, 0.6) is 0 Å². The number of aryl methyl sites for hydroxylation is 2. The predicted octanol–water partition coefficient (Wildman–Crippen LogP) is 3.75. The zero-order valence-corrected chi connectivity index (χ0v) is 9.46. The van der Waals surface area contributed by atoms with Crippen LogP contribution in [-0.4, -0.2) is 4.98 Å². The van der Waals surface area contributed by atoms with E-state index in [-0.39, 0.29) is 0 Å². The summed E-state index contributed by atoms with van der Waals surface area (Å²) in [6, 6.07) is 8.57.